The van der Waals surface area contributed by atoms with Crippen molar-refractivity contribution < 1.29 is 23.4 Å². The second-order valence-electron chi connectivity index (χ2n) is 9.73. The molecule has 0 radical (unpaired) electrons. The fourth-order valence-corrected chi connectivity index (χ4v) is 4.61. The van der Waals surface area contributed by atoms with Crippen LogP contribution in [-0.4, -0.2) is 71.6 Å². The van der Waals surface area contributed by atoms with E-state index in [1.165, 1.54) is 0 Å². The third-order valence-corrected chi connectivity index (χ3v) is 6.98. The molecule has 180 valence electrons. The number of carbonyl (C=O) groups is 1. The lowest BCUT2D eigenvalue weighted by Crippen LogP contribution is -2.50. The van der Waals surface area contributed by atoms with E-state index in [0.717, 1.165) is 12.0 Å². The molecular weight excluding hydrogens is 495 g/mol. The Labute approximate surface area is 201 Å². The lowest BCUT2D eigenvalue weighted by Gasteiger charge is -2.36. The summed E-state index contributed by atoms with van der Waals surface area (Å²) >= 11 is 3.32. The number of hydrogen-bond donors (Lipinski definition) is 0. The molecule has 33 heavy (non-hydrogen) atoms. The summed E-state index contributed by atoms with van der Waals surface area (Å²) in [6.07, 6.45) is 0.345. The first kappa shape index (κ1) is 23.9. The number of halogens is 2. The molecule has 1 aromatic heterocycles. The highest BCUT2D eigenvalue weighted by Crippen LogP contribution is 2.40. The average Bonchev–Trinajstić information content (AvgIpc) is 3.35. The van der Waals surface area contributed by atoms with Gasteiger partial charge in [0.1, 0.15) is 23.5 Å². The van der Waals surface area contributed by atoms with E-state index in [1.54, 1.807) is 12.0 Å². The Morgan fingerprint density at radius 3 is 2.64 bits per heavy atom. The van der Waals surface area contributed by atoms with Gasteiger partial charge in [-0.2, -0.15) is 9.97 Å². The van der Waals surface area contributed by atoms with Crippen LogP contribution in [0.25, 0.3) is 10.9 Å². The largest absolute Gasteiger partial charge is 0.461 e. The highest BCUT2D eigenvalue weighted by molar-refractivity contribution is 9.10. The maximum atomic E-state index is 15.2. The molecule has 2 fully saturated rings. The number of rotatable bonds is 5. The third-order valence-electron chi connectivity index (χ3n) is 6.00. The van der Waals surface area contributed by atoms with E-state index in [4.69, 9.17) is 14.2 Å². The first-order valence-electron chi connectivity index (χ1n) is 11.1. The predicted molar refractivity (Wildman–Crippen MR) is 126 cm³/mol. The number of hydrogen-bond acceptors (Lipinski definition) is 7. The van der Waals surface area contributed by atoms with Gasteiger partial charge >= 0.3 is 12.1 Å². The summed E-state index contributed by atoms with van der Waals surface area (Å²) in [6, 6.07) is 2.05. The minimum atomic E-state index is -0.546. The summed E-state index contributed by atoms with van der Waals surface area (Å²) < 4.78 is 32.1. The molecule has 0 N–H and O–H groups in total. The van der Waals surface area contributed by atoms with Crippen LogP contribution < -0.4 is 9.64 Å². The van der Waals surface area contributed by atoms with Gasteiger partial charge < -0.3 is 24.0 Å². The lowest BCUT2D eigenvalue weighted by atomic mass is 10.1. The topological polar surface area (TPSA) is 77.0 Å². The van der Waals surface area contributed by atoms with E-state index < -0.39 is 11.4 Å². The standard InChI is InChI=1S/C23H30BrFN4O4/c1-12-7-16-19(18(25)17(12)24)26-21(32-11-13(2)31-6)27-20(16)28-9-15-8-14(28)10-29(15)22(30)33-23(3,4)5/h7,13-15H,8-11H2,1-6H3/t13-,14-,15-/m0/s1. The van der Waals surface area contributed by atoms with Crippen molar-refractivity contribution in [2.45, 2.75) is 64.8 Å². The zero-order valence-corrected chi connectivity index (χ0v) is 21.4. The quantitative estimate of drug-likeness (QED) is 0.571. The van der Waals surface area contributed by atoms with Gasteiger partial charge in [0.05, 0.1) is 22.7 Å². The Morgan fingerprint density at radius 2 is 2.03 bits per heavy atom. The Balaban J connectivity index is 1.67. The normalized spacial score (nSPS) is 21.1. The molecule has 2 saturated heterocycles. The summed E-state index contributed by atoms with van der Waals surface area (Å²) in [6.45, 7) is 10.6. The smallest absolute Gasteiger partial charge is 0.410 e. The van der Waals surface area contributed by atoms with E-state index in [9.17, 15) is 4.79 Å². The number of carbonyl (C=O) groups excluding carboxylic acids is 1. The number of ether oxygens (including phenoxy) is 3. The molecule has 0 spiro atoms. The van der Waals surface area contributed by atoms with Gasteiger partial charge in [0, 0.05) is 25.6 Å². The summed E-state index contributed by atoms with van der Waals surface area (Å²) in [5.74, 6) is 0.170. The van der Waals surface area contributed by atoms with E-state index in [0.29, 0.717) is 28.8 Å². The number of anilines is 1. The third kappa shape index (κ3) is 4.73. The molecule has 2 bridgehead atoms. The molecule has 2 aromatic rings. The van der Waals surface area contributed by atoms with Gasteiger partial charge in [0.2, 0.25) is 0 Å². The number of benzene rings is 1. The molecule has 1 aromatic carbocycles. The molecule has 2 aliphatic rings. The van der Waals surface area contributed by atoms with Gasteiger partial charge in [-0.05, 0) is 68.6 Å². The number of likely N-dealkylation sites (tertiary alicyclic amines) is 1. The second kappa shape index (κ2) is 8.87. The Kier molecular flexibility index (Phi) is 6.43. The number of aromatic nitrogens is 2. The lowest BCUT2D eigenvalue weighted by molar-refractivity contribution is 0.0214. The van der Waals surface area contributed by atoms with Crippen molar-refractivity contribution in [2.24, 2.45) is 0 Å². The van der Waals surface area contributed by atoms with Crippen LogP contribution in [0.1, 0.15) is 39.7 Å². The predicted octanol–water partition coefficient (Wildman–Crippen LogP) is 4.45. The molecule has 3 atom stereocenters. The van der Waals surface area contributed by atoms with Crippen LogP contribution in [0.5, 0.6) is 6.01 Å². The fourth-order valence-electron chi connectivity index (χ4n) is 4.31. The summed E-state index contributed by atoms with van der Waals surface area (Å²) in [5.41, 5.74) is 0.408. The van der Waals surface area contributed by atoms with Crippen molar-refractivity contribution in [3.8, 4) is 6.01 Å². The monoisotopic (exact) mass is 524 g/mol. The van der Waals surface area contributed by atoms with E-state index >= 15 is 4.39 Å². The molecule has 0 saturated carbocycles. The summed E-state index contributed by atoms with van der Waals surface area (Å²) in [5, 5.41) is 0.622. The van der Waals surface area contributed by atoms with Gasteiger partial charge in [-0.25, -0.2) is 9.18 Å². The highest BCUT2D eigenvalue weighted by atomic mass is 79.9. The summed E-state index contributed by atoms with van der Waals surface area (Å²) in [7, 11) is 1.59. The maximum absolute atomic E-state index is 15.2. The van der Waals surface area contributed by atoms with Crippen LogP contribution in [-0.2, 0) is 9.47 Å². The van der Waals surface area contributed by atoms with Gasteiger partial charge in [-0.1, -0.05) is 0 Å². The van der Waals surface area contributed by atoms with Crippen molar-refractivity contribution in [1.29, 1.82) is 0 Å². The Hall–Kier alpha value is -2.20. The summed E-state index contributed by atoms with van der Waals surface area (Å²) in [4.78, 5) is 25.6. The number of methoxy groups -OCH3 is 1. The zero-order chi connectivity index (χ0) is 24.1. The Bertz CT molecular complexity index is 1080. The van der Waals surface area contributed by atoms with Crippen LogP contribution in [0.15, 0.2) is 10.5 Å². The molecule has 2 aliphatic heterocycles. The molecule has 0 aliphatic carbocycles. The van der Waals surface area contributed by atoms with Crippen molar-refractivity contribution >= 4 is 38.7 Å². The molecule has 8 nitrogen and oxygen atoms in total. The first-order chi connectivity index (χ1) is 15.5. The molecule has 0 unspecified atom stereocenters. The Morgan fingerprint density at radius 1 is 1.30 bits per heavy atom. The molecule has 1 amide bonds. The van der Waals surface area contributed by atoms with Gasteiger partial charge in [-0.15, -0.1) is 0 Å². The van der Waals surface area contributed by atoms with Crippen LogP contribution in [0.4, 0.5) is 15.0 Å². The van der Waals surface area contributed by atoms with Crippen LogP contribution in [0, 0.1) is 12.7 Å². The highest BCUT2D eigenvalue weighted by Gasteiger charge is 2.47. The first-order valence-corrected chi connectivity index (χ1v) is 11.9. The van der Waals surface area contributed by atoms with Crippen molar-refractivity contribution in [3.05, 3.63) is 21.9 Å². The number of piperazine rings is 1. The number of aryl methyl sites for hydroxylation is 1. The van der Waals surface area contributed by atoms with Gasteiger partial charge in [0.25, 0.3) is 0 Å². The number of nitrogens with zero attached hydrogens (tertiary/aromatic N) is 4. The van der Waals surface area contributed by atoms with Crippen LogP contribution >= 0.6 is 15.9 Å². The molecule has 3 heterocycles. The van der Waals surface area contributed by atoms with E-state index in [1.807, 2.05) is 40.7 Å². The van der Waals surface area contributed by atoms with Crippen molar-refractivity contribution in [2.75, 3.05) is 31.7 Å². The second-order valence-corrected chi connectivity index (χ2v) is 10.5. The maximum Gasteiger partial charge on any atom is 0.410 e. The van der Waals surface area contributed by atoms with Gasteiger partial charge in [0.15, 0.2) is 5.82 Å². The SMILES string of the molecule is CO[C@@H](C)COc1nc(N2C[C@@H]3C[C@H]2CN3C(=O)OC(C)(C)C)c2cc(C)c(Br)c(F)c2n1. The van der Waals surface area contributed by atoms with Crippen molar-refractivity contribution in [1.82, 2.24) is 14.9 Å². The van der Waals surface area contributed by atoms with Crippen LogP contribution in [0.3, 0.4) is 0 Å². The molecular formula is C23H30BrFN4O4. The molecule has 10 heteroatoms. The number of fused-ring (bicyclic) bond motifs is 3. The minimum Gasteiger partial charge on any atom is -0.461 e. The van der Waals surface area contributed by atoms with E-state index in [-0.39, 0.29) is 42.4 Å². The molecule has 4 rings (SSSR count). The van der Waals surface area contributed by atoms with E-state index in [2.05, 4.69) is 30.8 Å². The average molecular weight is 525 g/mol. The van der Waals surface area contributed by atoms with Crippen LogP contribution in [0.2, 0.25) is 0 Å². The zero-order valence-electron chi connectivity index (χ0n) is 19.8. The minimum absolute atomic E-state index is 0.00846. The van der Waals surface area contributed by atoms with Gasteiger partial charge in [-0.3, -0.25) is 0 Å². The number of amides is 1. The van der Waals surface area contributed by atoms with Crippen molar-refractivity contribution in [3.63, 3.8) is 0 Å². The fraction of sp³-hybridized carbons (Fsp3) is 0.609.